The van der Waals surface area contributed by atoms with Crippen molar-refractivity contribution in [2.75, 3.05) is 0 Å². The molecular weight excluding hydrogens is 484 g/mol. The van der Waals surface area contributed by atoms with E-state index in [1.807, 2.05) is 126 Å². The maximum Gasteiger partial charge on any atom is 0.320 e. The number of aromatic amines is 1. The minimum Gasteiger partial charge on any atom is -0.338 e. The molecule has 0 fully saturated rings. The van der Waals surface area contributed by atoms with E-state index in [9.17, 15) is 4.79 Å². The Bertz CT molecular complexity index is 1790. The van der Waals surface area contributed by atoms with Gasteiger partial charge in [-0.2, -0.15) is 5.10 Å². The number of rotatable bonds is 5. The minimum atomic E-state index is -0.526. The molecule has 2 amide bonds. The number of para-hydroxylation sites is 3. The van der Waals surface area contributed by atoms with Crippen molar-refractivity contribution in [1.82, 2.24) is 30.4 Å². The van der Waals surface area contributed by atoms with Crippen molar-refractivity contribution in [2.24, 2.45) is 0 Å². The van der Waals surface area contributed by atoms with E-state index in [4.69, 9.17) is 10.1 Å². The standard InChI is InChI=1S/C32H24N6O/c39-32-35-29(22-14-6-2-7-15-22)27(31-33-25-18-10-11-19-26(25)34-31)30(36-32)24-20-38(23-16-8-3-9-17-23)37-28(24)21-12-4-1-5-13-21/h1-20,30H,(H,33,34)(H2,35,36,39)/t30-/m1/s1. The van der Waals surface area contributed by atoms with Gasteiger partial charge < -0.3 is 15.6 Å². The number of hydrogen-bond acceptors (Lipinski definition) is 3. The van der Waals surface area contributed by atoms with E-state index in [-0.39, 0.29) is 6.03 Å². The number of H-pyrrole nitrogens is 1. The molecule has 0 bridgehead atoms. The van der Waals surface area contributed by atoms with Gasteiger partial charge in [-0.25, -0.2) is 14.5 Å². The number of nitrogens with zero attached hydrogens (tertiary/aromatic N) is 3. The Morgan fingerprint density at radius 3 is 2.08 bits per heavy atom. The van der Waals surface area contributed by atoms with Gasteiger partial charge in [0.15, 0.2) is 0 Å². The van der Waals surface area contributed by atoms with Gasteiger partial charge in [-0.05, 0) is 29.8 Å². The lowest BCUT2D eigenvalue weighted by molar-refractivity contribution is 0.242. The van der Waals surface area contributed by atoms with Crippen LogP contribution in [0.1, 0.15) is 23.0 Å². The maximum absolute atomic E-state index is 13.2. The van der Waals surface area contributed by atoms with Crippen LogP contribution in [-0.4, -0.2) is 25.8 Å². The Balaban J connectivity index is 1.50. The fraction of sp³-hybridized carbons (Fsp3) is 0.0312. The van der Waals surface area contributed by atoms with Gasteiger partial charge in [0.1, 0.15) is 5.82 Å². The second-order valence-corrected chi connectivity index (χ2v) is 9.37. The highest BCUT2D eigenvalue weighted by Gasteiger charge is 2.35. The number of hydrogen-bond donors (Lipinski definition) is 3. The molecule has 0 saturated heterocycles. The van der Waals surface area contributed by atoms with Gasteiger partial charge in [0.2, 0.25) is 0 Å². The Morgan fingerprint density at radius 1 is 0.718 bits per heavy atom. The van der Waals surface area contributed by atoms with Crippen LogP contribution < -0.4 is 10.6 Å². The monoisotopic (exact) mass is 508 g/mol. The lowest BCUT2D eigenvalue weighted by atomic mass is 9.91. The first-order valence-corrected chi connectivity index (χ1v) is 12.8. The molecule has 0 saturated carbocycles. The zero-order valence-corrected chi connectivity index (χ0v) is 20.9. The van der Waals surface area contributed by atoms with E-state index < -0.39 is 6.04 Å². The summed E-state index contributed by atoms with van der Waals surface area (Å²) in [5, 5.41) is 11.3. The number of imidazole rings is 1. The molecule has 7 rings (SSSR count). The van der Waals surface area contributed by atoms with Crippen LogP contribution in [-0.2, 0) is 0 Å². The van der Waals surface area contributed by atoms with Crippen LogP contribution in [0.2, 0.25) is 0 Å². The second-order valence-electron chi connectivity index (χ2n) is 9.37. The highest BCUT2D eigenvalue weighted by atomic mass is 16.2. The van der Waals surface area contributed by atoms with Crippen molar-refractivity contribution >= 4 is 28.3 Å². The summed E-state index contributed by atoms with van der Waals surface area (Å²) < 4.78 is 1.87. The van der Waals surface area contributed by atoms with Gasteiger partial charge in [0, 0.05) is 22.9 Å². The largest absolute Gasteiger partial charge is 0.338 e. The van der Waals surface area contributed by atoms with Crippen LogP contribution >= 0.6 is 0 Å². The number of carbonyl (C=O) groups is 1. The van der Waals surface area contributed by atoms with Gasteiger partial charge in [-0.1, -0.05) is 91.0 Å². The van der Waals surface area contributed by atoms with Crippen LogP contribution in [0.3, 0.4) is 0 Å². The van der Waals surface area contributed by atoms with Crippen molar-refractivity contribution in [1.29, 1.82) is 0 Å². The van der Waals surface area contributed by atoms with E-state index in [1.165, 1.54) is 0 Å². The molecule has 0 unspecified atom stereocenters. The third-order valence-electron chi connectivity index (χ3n) is 6.90. The predicted octanol–water partition coefficient (Wildman–Crippen LogP) is 6.34. The van der Waals surface area contributed by atoms with Crippen LogP contribution in [0.25, 0.3) is 39.2 Å². The molecule has 7 heteroatoms. The molecule has 2 aromatic heterocycles. The predicted molar refractivity (Wildman–Crippen MR) is 153 cm³/mol. The van der Waals surface area contributed by atoms with Crippen LogP contribution in [0, 0.1) is 0 Å². The molecule has 7 nitrogen and oxygen atoms in total. The molecule has 4 aromatic carbocycles. The van der Waals surface area contributed by atoms with Crippen molar-refractivity contribution in [3.63, 3.8) is 0 Å². The fourth-order valence-electron chi connectivity index (χ4n) is 5.10. The summed E-state index contributed by atoms with van der Waals surface area (Å²) >= 11 is 0. The zero-order chi connectivity index (χ0) is 26.2. The highest BCUT2D eigenvalue weighted by Crippen LogP contribution is 2.41. The summed E-state index contributed by atoms with van der Waals surface area (Å²) in [6.07, 6.45) is 2.00. The van der Waals surface area contributed by atoms with Gasteiger partial charge in [-0.3, -0.25) is 0 Å². The smallest absolute Gasteiger partial charge is 0.320 e. The topological polar surface area (TPSA) is 87.6 Å². The molecule has 188 valence electrons. The van der Waals surface area contributed by atoms with Crippen LogP contribution in [0.4, 0.5) is 4.79 Å². The second kappa shape index (κ2) is 9.46. The Labute approximate surface area is 224 Å². The molecular formula is C32H24N6O. The highest BCUT2D eigenvalue weighted by molar-refractivity contribution is 6.03. The first-order valence-electron chi connectivity index (χ1n) is 12.8. The number of nitrogens with one attached hydrogen (secondary N) is 3. The first kappa shape index (κ1) is 22.7. The molecule has 39 heavy (non-hydrogen) atoms. The summed E-state index contributed by atoms with van der Waals surface area (Å²) in [7, 11) is 0. The molecule has 1 aliphatic rings. The summed E-state index contributed by atoms with van der Waals surface area (Å²) in [4.78, 5) is 21.6. The lowest BCUT2D eigenvalue weighted by Crippen LogP contribution is -2.43. The van der Waals surface area contributed by atoms with Crippen molar-refractivity contribution in [2.45, 2.75) is 6.04 Å². The Kier molecular flexibility index (Phi) is 5.52. The zero-order valence-electron chi connectivity index (χ0n) is 20.9. The maximum atomic E-state index is 13.2. The molecule has 0 aliphatic carbocycles. The van der Waals surface area contributed by atoms with E-state index in [0.717, 1.165) is 44.7 Å². The average molecular weight is 509 g/mol. The van der Waals surface area contributed by atoms with Crippen LogP contribution in [0.15, 0.2) is 121 Å². The molecule has 0 spiro atoms. The molecule has 1 atom stereocenters. The van der Waals surface area contributed by atoms with Gasteiger partial charge in [0.05, 0.1) is 34.2 Å². The van der Waals surface area contributed by atoms with E-state index in [0.29, 0.717) is 11.5 Å². The molecule has 3 heterocycles. The normalized spacial score (nSPS) is 15.3. The number of benzene rings is 4. The van der Waals surface area contributed by atoms with Crippen LogP contribution in [0.5, 0.6) is 0 Å². The van der Waals surface area contributed by atoms with E-state index >= 15 is 0 Å². The van der Waals surface area contributed by atoms with Crippen molar-refractivity contribution in [3.8, 4) is 16.9 Å². The Morgan fingerprint density at radius 2 is 1.36 bits per heavy atom. The summed E-state index contributed by atoms with van der Waals surface area (Å²) in [5.41, 5.74) is 7.74. The SMILES string of the molecule is O=C1NC(c2ccccc2)=C(c2nc3ccccc3[nH]2)[C@@H](c2cn(-c3ccccc3)nc2-c2ccccc2)N1. The first-order chi connectivity index (χ1) is 19.2. The number of carbonyl (C=O) groups excluding carboxylic acids is 1. The van der Waals surface area contributed by atoms with Crippen molar-refractivity contribution < 1.29 is 4.79 Å². The third-order valence-corrected chi connectivity index (χ3v) is 6.90. The van der Waals surface area contributed by atoms with Crippen molar-refractivity contribution in [3.05, 3.63) is 138 Å². The lowest BCUT2D eigenvalue weighted by Gasteiger charge is -2.29. The van der Waals surface area contributed by atoms with Gasteiger partial charge in [-0.15, -0.1) is 0 Å². The number of aromatic nitrogens is 4. The molecule has 6 aromatic rings. The van der Waals surface area contributed by atoms with Gasteiger partial charge in [0.25, 0.3) is 0 Å². The molecule has 3 N–H and O–H groups in total. The summed E-state index contributed by atoms with van der Waals surface area (Å²) in [6, 6.07) is 37.0. The molecule has 0 radical (unpaired) electrons. The number of amides is 2. The number of urea groups is 1. The van der Waals surface area contributed by atoms with E-state index in [1.54, 1.807) is 0 Å². The number of fused-ring (bicyclic) bond motifs is 1. The Hall–Kier alpha value is -5.43. The summed E-state index contributed by atoms with van der Waals surface area (Å²) in [5.74, 6) is 0.680. The average Bonchev–Trinajstić information content (AvgIpc) is 3.63. The minimum absolute atomic E-state index is 0.287. The molecule has 1 aliphatic heterocycles. The van der Waals surface area contributed by atoms with Gasteiger partial charge >= 0.3 is 6.03 Å². The quantitative estimate of drug-likeness (QED) is 0.254. The van der Waals surface area contributed by atoms with E-state index in [2.05, 4.69) is 15.6 Å². The fourth-order valence-corrected chi connectivity index (χ4v) is 5.10. The third kappa shape index (κ3) is 4.16. The summed E-state index contributed by atoms with van der Waals surface area (Å²) in [6.45, 7) is 0.